The zero-order valence-corrected chi connectivity index (χ0v) is 12.2. The largest absolute Gasteiger partial charge is 0.492 e. The normalized spacial score (nSPS) is 17.1. The van der Waals surface area contributed by atoms with Gasteiger partial charge in [-0.3, -0.25) is 4.90 Å². The van der Waals surface area contributed by atoms with Crippen molar-refractivity contribution in [3.05, 3.63) is 18.2 Å². The summed E-state index contributed by atoms with van der Waals surface area (Å²) in [4.78, 5) is 2.30. The minimum atomic E-state index is -3.78. The number of ether oxygens (including phenoxy) is 1. The molecule has 0 radical (unpaired) electrons. The summed E-state index contributed by atoms with van der Waals surface area (Å²) in [6.45, 7) is 3.68. The molecule has 0 spiro atoms. The first-order chi connectivity index (χ1) is 9.47. The van der Waals surface area contributed by atoms with Gasteiger partial charge in [-0.2, -0.15) is 0 Å². The molecule has 0 saturated carbocycles. The standard InChI is InChI=1S/C13H21N3O3S/c14-12-10-11(4-5-13(12)20(15,17)18)19-9-8-16-6-2-1-3-7-16/h4-5,10H,1-3,6-9,14H2,(H2,15,17,18). The fourth-order valence-corrected chi connectivity index (χ4v) is 3.00. The lowest BCUT2D eigenvalue weighted by Gasteiger charge is -2.26. The molecule has 20 heavy (non-hydrogen) atoms. The number of nitrogens with zero attached hydrogens (tertiary/aromatic N) is 1. The highest BCUT2D eigenvalue weighted by Gasteiger charge is 2.13. The molecule has 0 bridgehead atoms. The summed E-state index contributed by atoms with van der Waals surface area (Å²) in [5.41, 5.74) is 5.79. The maximum absolute atomic E-state index is 11.2. The van der Waals surface area contributed by atoms with E-state index in [1.165, 1.54) is 31.4 Å². The van der Waals surface area contributed by atoms with E-state index in [0.717, 1.165) is 19.6 Å². The number of benzene rings is 1. The fraction of sp³-hybridized carbons (Fsp3) is 0.538. The number of nitrogen functional groups attached to an aromatic ring is 1. The van der Waals surface area contributed by atoms with Crippen LogP contribution in [0.2, 0.25) is 0 Å². The molecule has 1 aliphatic heterocycles. The zero-order chi connectivity index (χ0) is 14.6. The van der Waals surface area contributed by atoms with Gasteiger partial charge >= 0.3 is 0 Å². The summed E-state index contributed by atoms with van der Waals surface area (Å²) in [7, 11) is -3.78. The van der Waals surface area contributed by atoms with E-state index in [4.69, 9.17) is 15.6 Å². The van der Waals surface area contributed by atoms with Crippen molar-refractivity contribution in [1.29, 1.82) is 0 Å². The van der Waals surface area contributed by atoms with Crippen molar-refractivity contribution in [3.8, 4) is 5.75 Å². The van der Waals surface area contributed by atoms with Gasteiger partial charge in [0.05, 0.1) is 5.69 Å². The molecule has 4 N–H and O–H groups in total. The second-order valence-electron chi connectivity index (χ2n) is 5.00. The van der Waals surface area contributed by atoms with Gasteiger partial charge in [-0.05, 0) is 38.1 Å². The molecular weight excluding hydrogens is 278 g/mol. The second kappa shape index (κ2) is 6.43. The molecule has 0 aromatic heterocycles. The minimum absolute atomic E-state index is 0.0686. The summed E-state index contributed by atoms with van der Waals surface area (Å²) < 4.78 is 28.1. The van der Waals surface area contributed by atoms with Gasteiger partial charge < -0.3 is 10.5 Å². The predicted molar refractivity (Wildman–Crippen MR) is 78.0 cm³/mol. The lowest BCUT2D eigenvalue weighted by molar-refractivity contribution is 0.183. The van der Waals surface area contributed by atoms with Crippen molar-refractivity contribution in [2.75, 3.05) is 32.0 Å². The first-order valence-corrected chi connectivity index (χ1v) is 8.29. The van der Waals surface area contributed by atoms with E-state index in [1.54, 1.807) is 6.07 Å². The van der Waals surface area contributed by atoms with Crippen molar-refractivity contribution < 1.29 is 13.2 Å². The van der Waals surface area contributed by atoms with Gasteiger partial charge in [0, 0.05) is 12.6 Å². The first kappa shape index (κ1) is 15.1. The Kier molecular flexibility index (Phi) is 4.85. The summed E-state index contributed by atoms with van der Waals surface area (Å²) in [5.74, 6) is 0.562. The molecule has 6 nitrogen and oxygen atoms in total. The third-order valence-electron chi connectivity index (χ3n) is 3.41. The van der Waals surface area contributed by atoms with Crippen LogP contribution in [0.4, 0.5) is 5.69 Å². The van der Waals surface area contributed by atoms with Crippen molar-refractivity contribution in [1.82, 2.24) is 4.90 Å². The van der Waals surface area contributed by atoms with Crippen LogP contribution in [0.15, 0.2) is 23.1 Å². The Morgan fingerprint density at radius 2 is 1.90 bits per heavy atom. The molecule has 1 saturated heterocycles. The molecule has 1 aromatic rings. The summed E-state index contributed by atoms with van der Waals surface area (Å²) >= 11 is 0. The zero-order valence-electron chi connectivity index (χ0n) is 11.4. The van der Waals surface area contributed by atoms with Crippen LogP contribution in [0.25, 0.3) is 0 Å². The van der Waals surface area contributed by atoms with Gasteiger partial charge in [0.15, 0.2) is 0 Å². The number of hydrogen-bond donors (Lipinski definition) is 2. The van der Waals surface area contributed by atoms with Gasteiger partial charge in [0.1, 0.15) is 17.3 Å². The van der Waals surface area contributed by atoms with Crippen LogP contribution in [-0.4, -0.2) is 39.6 Å². The molecule has 7 heteroatoms. The van der Waals surface area contributed by atoms with Crippen molar-refractivity contribution in [2.45, 2.75) is 24.2 Å². The van der Waals surface area contributed by atoms with Gasteiger partial charge in [-0.1, -0.05) is 6.42 Å². The maximum atomic E-state index is 11.2. The molecule has 0 atom stereocenters. The molecule has 0 amide bonds. The van der Waals surface area contributed by atoms with Gasteiger partial charge in [0.2, 0.25) is 10.0 Å². The van der Waals surface area contributed by atoms with Gasteiger partial charge in [0.25, 0.3) is 0 Å². The summed E-state index contributed by atoms with van der Waals surface area (Å²) in [5, 5.41) is 5.05. The summed E-state index contributed by atoms with van der Waals surface area (Å²) in [6.07, 6.45) is 3.80. The molecule has 112 valence electrons. The average Bonchev–Trinajstić information content (AvgIpc) is 2.38. The number of hydrogen-bond acceptors (Lipinski definition) is 5. The van der Waals surface area contributed by atoms with Gasteiger partial charge in [-0.25, -0.2) is 13.6 Å². The molecule has 0 unspecified atom stereocenters. The third kappa shape index (κ3) is 4.09. The van der Waals surface area contributed by atoms with Gasteiger partial charge in [-0.15, -0.1) is 0 Å². The quantitative estimate of drug-likeness (QED) is 0.783. The number of piperidine rings is 1. The van der Waals surface area contributed by atoms with Crippen LogP contribution >= 0.6 is 0 Å². The Bertz CT molecular complexity index is 554. The highest BCUT2D eigenvalue weighted by atomic mass is 32.2. The number of sulfonamides is 1. The molecular formula is C13H21N3O3S. The van der Waals surface area contributed by atoms with Crippen molar-refractivity contribution in [2.24, 2.45) is 5.14 Å². The van der Waals surface area contributed by atoms with Crippen LogP contribution in [0.5, 0.6) is 5.75 Å². The van der Waals surface area contributed by atoms with E-state index in [1.807, 2.05) is 0 Å². The number of nitrogens with two attached hydrogens (primary N) is 2. The van der Waals surface area contributed by atoms with E-state index >= 15 is 0 Å². The van der Waals surface area contributed by atoms with Crippen LogP contribution in [0.1, 0.15) is 19.3 Å². The second-order valence-corrected chi connectivity index (χ2v) is 6.53. The Labute approximate surface area is 119 Å². The molecule has 1 aromatic carbocycles. The van der Waals surface area contributed by atoms with Crippen LogP contribution in [0, 0.1) is 0 Å². The Hall–Kier alpha value is -1.31. The van der Waals surface area contributed by atoms with Crippen molar-refractivity contribution >= 4 is 15.7 Å². The SMILES string of the molecule is Nc1cc(OCCN2CCCCC2)ccc1S(N)(=O)=O. The Balaban J connectivity index is 1.89. The van der Waals surface area contributed by atoms with E-state index in [9.17, 15) is 8.42 Å². The number of primary sulfonamides is 1. The van der Waals surface area contributed by atoms with Crippen LogP contribution in [0.3, 0.4) is 0 Å². The predicted octanol–water partition coefficient (Wildman–Crippen LogP) is 0.781. The molecule has 1 aliphatic rings. The Morgan fingerprint density at radius 1 is 1.20 bits per heavy atom. The first-order valence-electron chi connectivity index (χ1n) is 6.74. The maximum Gasteiger partial charge on any atom is 0.240 e. The van der Waals surface area contributed by atoms with E-state index in [0.29, 0.717) is 12.4 Å². The van der Waals surface area contributed by atoms with Crippen LogP contribution in [-0.2, 0) is 10.0 Å². The number of anilines is 1. The monoisotopic (exact) mass is 299 g/mol. The number of rotatable bonds is 5. The lowest BCUT2D eigenvalue weighted by atomic mass is 10.1. The number of likely N-dealkylation sites (tertiary alicyclic amines) is 1. The highest BCUT2D eigenvalue weighted by molar-refractivity contribution is 7.89. The summed E-state index contributed by atoms with van der Waals surface area (Å²) in [6, 6.07) is 4.45. The third-order valence-corrected chi connectivity index (χ3v) is 4.40. The van der Waals surface area contributed by atoms with Crippen LogP contribution < -0.4 is 15.6 Å². The Morgan fingerprint density at radius 3 is 2.50 bits per heavy atom. The minimum Gasteiger partial charge on any atom is -0.492 e. The van der Waals surface area contributed by atoms with E-state index in [-0.39, 0.29) is 10.6 Å². The molecule has 0 aliphatic carbocycles. The molecule has 1 heterocycles. The molecule has 2 rings (SSSR count). The molecule has 1 fully saturated rings. The highest BCUT2D eigenvalue weighted by Crippen LogP contribution is 2.22. The lowest BCUT2D eigenvalue weighted by Crippen LogP contribution is -2.33. The van der Waals surface area contributed by atoms with Crippen molar-refractivity contribution in [3.63, 3.8) is 0 Å². The smallest absolute Gasteiger partial charge is 0.240 e. The topological polar surface area (TPSA) is 98.7 Å². The fourth-order valence-electron chi connectivity index (χ4n) is 2.35. The van der Waals surface area contributed by atoms with E-state index < -0.39 is 10.0 Å². The average molecular weight is 299 g/mol. The van der Waals surface area contributed by atoms with E-state index in [2.05, 4.69) is 4.90 Å².